The molecule has 18 heavy (non-hydrogen) atoms. The van der Waals surface area contributed by atoms with Crippen molar-refractivity contribution >= 4 is 11.7 Å². The third kappa shape index (κ3) is 4.25. The lowest BCUT2D eigenvalue weighted by molar-refractivity contribution is 0.0177. The molecule has 0 saturated carbocycles. The summed E-state index contributed by atoms with van der Waals surface area (Å²) in [6.45, 7) is 4.45. The van der Waals surface area contributed by atoms with Crippen molar-refractivity contribution in [2.45, 2.75) is 20.0 Å². The molecule has 0 aromatic heterocycles. The van der Waals surface area contributed by atoms with E-state index in [9.17, 15) is 4.79 Å². The molecule has 1 aromatic carbocycles. The number of rotatable bonds is 6. The minimum absolute atomic E-state index is 0.125. The summed E-state index contributed by atoms with van der Waals surface area (Å²) in [5, 5.41) is 0. The smallest absolute Gasteiger partial charge is 0.338 e. The fraction of sp³-hybridized carbons (Fsp3) is 0.462. The van der Waals surface area contributed by atoms with Crippen LogP contribution in [0.25, 0.3) is 0 Å². The van der Waals surface area contributed by atoms with Crippen LogP contribution in [0.2, 0.25) is 0 Å². The molecule has 0 fully saturated rings. The summed E-state index contributed by atoms with van der Waals surface area (Å²) in [5.74, 6) is 0.117. The van der Waals surface area contributed by atoms with E-state index in [2.05, 4.69) is 0 Å². The molecule has 0 spiro atoms. The normalized spacial score (nSPS) is 10.4. The summed E-state index contributed by atoms with van der Waals surface area (Å²) >= 11 is 0. The van der Waals surface area contributed by atoms with Crippen molar-refractivity contribution in [3.63, 3.8) is 0 Å². The van der Waals surface area contributed by atoms with Crippen molar-refractivity contribution in [3.05, 3.63) is 23.8 Å². The van der Waals surface area contributed by atoms with Gasteiger partial charge in [0.1, 0.15) is 12.4 Å². The number of anilines is 1. The number of hydrogen-bond donors (Lipinski definition) is 1. The number of benzene rings is 1. The van der Waals surface area contributed by atoms with Crippen LogP contribution in [0, 0.1) is 0 Å². The van der Waals surface area contributed by atoms with Crippen LogP contribution in [0.15, 0.2) is 18.2 Å². The number of hydrogen-bond acceptors (Lipinski definition) is 5. The van der Waals surface area contributed by atoms with E-state index >= 15 is 0 Å². The lowest BCUT2D eigenvalue weighted by atomic mass is 10.2. The van der Waals surface area contributed by atoms with Gasteiger partial charge in [-0.3, -0.25) is 0 Å². The zero-order valence-electron chi connectivity index (χ0n) is 10.9. The zero-order valence-corrected chi connectivity index (χ0v) is 10.9. The van der Waals surface area contributed by atoms with E-state index < -0.39 is 5.97 Å². The highest BCUT2D eigenvalue weighted by Gasteiger charge is 2.09. The van der Waals surface area contributed by atoms with Crippen molar-refractivity contribution in [2.24, 2.45) is 0 Å². The number of esters is 1. The first-order valence-corrected chi connectivity index (χ1v) is 5.77. The minimum Gasteiger partial charge on any atom is -0.495 e. The first kappa shape index (κ1) is 14.3. The second-order valence-electron chi connectivity index (χ2n) is 4.01. The molecule has 0 aliphatic rings. The largest absolute Gasteiger partial charge is 0.495 e. The molecule has 0 heterocycles. The van der Waals surface area contributed by atoms with Gasteiger partial charge < -0.3 is 19.9 Å². The molecule has 5 nitrogen and oxygen atoms in total. The standard InChI is InChI=1S/C13H19NO4/c1-9(2)17-6-7-18-13(15)10-4-5-12(16-3)11(14)8-10/h4-5,8-9H,6-7,14H2,1-3H3. The van der Waals surface area contributed by atoms with Gasteiger partial charge in [0.15, 0.2) is 0 Å². The maximum Gasteiger partial charge on any atom is 0.338 e. The van der Waals surface area contributed by atoms with Gasteiger partial charge in [0.25, 0.3) is 0 Å². The van der Waals surface area contributed by atoms with Gasteiger partial charge in [-0.15, -0.1) is 0 Å². The molecule has 0 atom stereocenters. The van der Waals surface area contributed by atoms with Crippen molar-refractivity contribution in [3.8, 4) is 5.75 Å². The summed E-state index contributed by atoms with van der Waals surface area (Å²) < 4.78 is 15.3. The lowest BCUT2D eigenvalue weighted by Gasteiger charge is -2.09. The van der Waals surface area contributed by atoms with Gasteiger partial charge in [0.05, 0.1) is 31.1 Å². The molecule has 0 unspecified atom stereocenters. The van der Waals surface area contributed by atoms with Crippen LogP contribution < -0.4 is 10.5 Å². The van der Waals surface area contributed by atoms with Crippen molar-refractivity contribution < 1.29 is 19.0 Å². The van der Waals surface area contributed by atoms with Crippen LogP contribution >= 0.6 is 0 Å². The Morgan fingerprint density at radius 3 is 2.61 bits per heavy atom. The molecule has 0 aliphatic heterocycles. The molecule has 0 radical (unpaired) electrons. The van der Waals surface area contributed by atoms with Gasteiger partial charge >= 0.3 is 5.97 Å². The van der Waals surface area contributed by atoms with Crippen molar-refractivity contribution in [1.29, 1.82) is 0 Å². The summed E-state index contributed by atoms with van der Waals surface area (Å²) in [5.41, 5.74) is 6.52. The number of carbonyl (C=O) groups excluding carboxylic acids is 1. The van der Waals surface area contributed by atoms with Gasteiger partial charge in [-0.25, -0.2) is 4.79 Å². The SMILES string of the molecule is COc1ccc(C(=O)OCCOC(C)C)cc1N. The predicted molar refractivity (Wildman–Crippen MR) is 68.8 cm³/mol. The van der Waals surface area contributed by atoms with Gasteiger partial charge in [-0.2, -0.15) is 0 Å². The highest BCUT2D eigenvalue weighted by atomic mass is 16.6. The number of carbonyl (C=O) groups is 1. The van der Waals surface area contributed by atoms with Crippen LogP contribution in [-0.2, 0) is 9.47 Å². The fourth-order valence-electron chi connectivity index (χ4n) is 1.36. The fourth-order valence-corrected chi connectivity index (χ4v) is 1.36. The Morgan fingerprint density at radius 1 is 1.33 bits per heavy atom. The third-order valence-electron chi connectivity index (χ3n) is 2.23. The Morgan fingerprint density at radius 2 is 2.06 bits per heavy atom. The van der Waals surface area contributed by atoms with Crippen molar-refractivity contribution in [2.75, 3.05) is 26.1 Å². The van der Waals surface area contributed by atoms with Gasteiger partial charge in [-0.1, -0.05) is 0 Å². The lowest BCUT2D eigenvalue weighted by Crippen LogP contribution is -2.13. The van der Waals surface area contributed by atoms with Crippen LogP contribution in [0.4, 0.5) is 5.69 Å². The zero-order chi connectivity index (χ0) is 13.5. The molecule has 0 saturated heterocycles. The minimum atomic E-state index is -0.420. The number of methoxy groups -OCH3 is 1. The van der Waals surface area contributed by atoms with E-state index in [-0.39, 0.29) is 12.7 Å². The second-order valence-corrected chi connectivity index (χ2v) is 4.01. The first-order valence-electron chi connectivity index (χ1n) is 5.77. The summed E-state index contributed by atoms with van der Waals surface area (Å²) in [7, 11) is 1.52. The Balaban J connectivity index is 2.49. The van der Waals surface area contributed by atoms with Crippen LogP contribution in [-0.4, -0.2) is 32.4 Å². The Labute approximate surface area is 107 Å². The van der Waals surface area contributed by atoms with Crippen LogP contribution in [0.1, 0.15) is 24.2 Å². The Hall–Kier alpha value is -1.75. The van der Waals surface area contributed by atoms with Gasteiger partial charge in [-0.05, 0) is 32.0 Å². The van der Waals surface area contributed by atoms with Crippen LogP contribution in [0.3, 0.4) is 0 Å². The van der Waals surface area contributed by atoms with E-state index in [4.69, 9.17) is 19.9 Å². The number of ether oxygens (including phenoxy) is 3. The van der Waals surface area contributed by atoms with E-state index in [0.29, 0.717) is 23.6 Å². The molecule has 0 bridgehead atoms. The van der Waals surface area contributed by atoms with E-state index in [0.717, 1.165) is 0 Å². The molecular formula is C13H19NO4. The van der Waals surface area contributed by atoms with E-state index in [1.807, 2.05) is 13.8 Å². The molecule has 0 aliphatic carbocycles. The second kappa shape index (κ2) is 6.86. The quantitative estimate of drug-likeness (QED) is 0.476. The van der Waals surface area contributed by atoms with E-state index in [1.54, 1.807) is 12.1 Å². The molecule has 1 aromatic rings. The third-order valence-corrected chi connectivity index (χ3v) is 2.23. The molecule has 2 N–H and O–H groups in total. The first-order chi connectivity index (χ1) is 8.54. The summed E-state index contributed by atoms with van der Waals surface area (Å²) in [4.78, 5) is 11.7. The highest BCUT2D eigenvalue weighted by Crippen LogP contribution is 2.22. The predicted octanol–water partition coefficient (Wildman–Crippen LogP) is 1.86. The molecular weight excluding hydrogens is 234 g/mol. The van der Waals surface area contributed by atoms with Gasteiger partial charge in [0, 0.05) is 0 Å². The average molecular weight is 253 g/mol. The number of nitrogens with two attached hydrogens (primary N) is 1. The maximum atomic E-state index is 11.7. The molecule has 0 amide bonds. The highest BCUT2D eigenvalue weighted by molar-refractivity contribution is 5.91. The van der Waals surface area contributed by atoms with Crippen molar-refractivity contribution in [1.82, 2.24) is 0 Å². The molecule has 1 rings (SSSR count). The average Bonchev–Trinajstić information content (AvgIpc) is 2.34. The summed E-state index contributed by atoms with van der Waals surface area (Å²) in [6.07, 6.45) is 0.125. The molecule has 5 heteroatoms. The van der Waals surface area contributed by atoms with E-state index in [1.165, 1.54) is 13.2 Å². The topological polar surface area (TPSA) is 70.8 Å². The van der Waals surface area contributed by atoms with Gasteiger partial charge in [0.2, 0.25) is 0 Å². The van der Waals surface area contributed by atoms with Crippen LogP contribution in [0.5, 0.6) is 5.75 Å². The monoisotopic (exact) mass is 253 g/mol. The Kier molecular flexibility index (Phi) is 5.45. The maximum absolute atomic E-state index is 11.7. The number of nitrogen functional groups attached to an aromatic ring is 1. The Bertz CT molecular complexity index is 404. The molecule has 100 valence electrons. The summed E-state index contributed by atoms with van der Waals surface area (Å²) in [6, 6.07) is 4.78.